The molecule has 0 atom stereocenters. The second-order valence-electron chi connectivity index (χ2n) is 6.25. The fraction of sp³-hybridized carbons (Fsp3) is 0.0455. The zero-order chi connectivity index (χ0) is 19.5. The minimum atomic E-state index is -0.170. The van der Waals surface area contributed by atoms with Crippen LogP contribution < -0.4 is 11.0 Å². The fourth-order valence-corrected chi connectivity index (χ4v) is 3.13. The largest absolute Gasteiger partial charge is 0.507 e. The normalized spacial score (nSPS) is 11.3. The number of hydrogen-bond donors (Lipinski definition) is 2. The first-order chi connectivity index (χ1) is 13.7. The summed E-state index contributed by atoms with van der Waals surface area (Å²) < 4.78 is 1.47. The van der Waals surface area contributed by atoms with Crippen LogP contribution in [0.1, 0.15) is 5.56 Å². The smallest absolute Gasteiger partial charge is 0.263 e. The molecule has 0 unspecified atom stereocenters. The summed E-state index contributed by atoms with van der Waals surface area (Å²) in [6, 6.07) is 18.3. The maximum atomic E-state index is 12.7. The summed E-state index contributed by atoms with van der Waals surface area (Å²) in [6.45, 7) is 4.00. The summed E-state index contributed by atoms with van der Waals surface area (Å²) >= 11 is 0. The molecule has 0 aliphatic carbocycles. The van der Waals surface area contributed by atoms with Crippen molar-refractivity contribution in [1.82, 2.24) is 9.55 Å². The van der Waals surface area contributed by atoms with E-state index in [0.717, 1.165) is 10.8 Å². The average molecular weight is 370 g/mol. The van der Waals surface area contributed by atoms with E-state index in [1.165, 1.54) is 10.8 Å². The van der Waals surface area contributed by atoms with Crippen molar-refractivity contribution in [2.45, 2.75) is 6.54 Å². The number of phenolic OH excluding ortho intramolecular Hbond substituents is 1. The van der Waals surface area contributed by atoms with Crippen molar-refractivity contribution in [2.24, 2.45) is 5.10 Å². The number of hydrogen-bond acceptors (Lipinski definition) is 5. The van der Waals surface area contributed by atoms with Crippen molar-refractivity contribution in [3.63, 3.8) is 0 Å². The number of rotatable bonds is 5. The Morgan fingerprint density at radius 1 is 1.07 bits per heavy atom. The molecule has 0 spiro atoms. The van der Waals surface area contributed by atoms with Crippen molar-refractivity contribution in [1.29, 1.82) is 0 Å². The lowest BCUT2D eigenvalue weighted by Crippen LogP contribution is -2.23. The van der Waals surface area contributed by atoms with E-state index in [1.807, 2.05) is 36.4 Å². The Morgan fingerprint density at radius 2 is 1.82 bits per heavy atom. The van der Waals surface area contributed by atoms with Crippen LogP contribution in [0.3, 0.4) is 0 Å². The molecule has 2 N–H and O–H groups in total. The van der Waals surface area contributed by atoms with Crippen LogP contribution in [0.5, 0.6) is 5.75 Å². The van der Waals surface area contributed by atoms with Gasteiger partial charge in [-0.2, -0.15) is 5.10 Å². The molecule has 0 aliphatic rings. The SMILES string of the molecule is C=CCn1c(NN=Cc2c(O)ccc3ccccc23)nc2ccccc2c1=O. The van der Waals surface area contributed by atoms with Gasteiger partial charge in [0.2, 0.25) is 5.95 Å². The van der Waals surface area contributed by atoms with E-state index in [0.29, 0.717) is 29.0 Å². The maximum absolute atomic E-state index is 12.7. The van der Waals surface area contributed by atoms with Gasteiger partial charge in [-0.15, -0.1) is 6.58 Å². The second kappa shape index (κ2) is 7.36. The molecule has 0 bridgehead atoms. The zero-order valence-corrected chi connectivity index (χ0v) is 15.0. The monoisotopic (exact) mass is 370 g/mol. The number of allylic oxidation sites excluding steroid dienone is 1. The molecule has 0 fully saturated rings. The van der Waals surface area contributed by atoms with Gasteiger partial charge < -0.3 is 5.11 Å². The highest BCUT2D eigenvalue weighted by Gasteiger charge is 2.09. The molecule has 0 amide bonds. The van der Waals surface area contributed by atoms with E-state index < -0.39 is 0 Å². The third kappa shape index (κ3) is 3.12. The highest BCUT2D eigenvalue weighted by molar-refractivity contribution is 6.02. The molecule has 1 aromatic heterocycles. The number of fused-ring (bicyclic) bond motifs is 2. The van der Waals surface area contributed by atoms with E-state index >= 15 is 0 Å². The number of para-hydroxylation sites is 1. The van der Waals surface area contributed by atoms with E-state index in [-0.39, 0.29) is 11.3 Å². The van der Waals surface area contributed by atoms with Crippen LogP contribution in [0.25, 0.3) is 21.7 Å². The number of nitrogens with one attached hydrogen (secondary N) is 1. The number of benzene rings is 3. The molecular weight excluding hydrogens is 352 g/mol. The van der Waals surface area contributed by atoms with E-state index in [2.05, 4.69) is 22.1 Å². The highest BCUT2D eigenvalue weighted by atomic mass is 16.3. The van der Waals surface area contributed by atoms with Gasteiger partial charge in [0.1, 0.15) is 5.75 Å². The van der Waals surface area contributed by atoms with Crippen molar-refractivity contribution in [3.05, 3.63) is 89.2 Å². The molecule has 4 rings (SSSR count). The predicted octanol–water partition coefficient (Wildman–Crippen LogP) is 3.89. The van der Waals surface area contributed by atoms with Crippen LogP contribution in [0.2, 0.25) is 0 Å². The van der Waals surface area contributed by atoms with Gasteiger partial charge in [0.05, 0.1) is 17.1 Å². The quantitative estimate of drug-likeness (QED) is 0.317. The molecular formula is C22H18N4O2. The van der Waals surface area contributed by atoms with Crippen molar-refractivity contribution in [2.75, 3.05) is 5.43 Å². The third-order valence-electron chi connectivity index (χ3n) is 4.48. The van der Waals surface area contributed by atoms with Gasteiger partial charge in [-0.25, -0.2) is 10.4 Å². The lowest BCUT2D eigenvalue weighted by Gasteiger charge is -2.11. The Kier molecular flexibility index (Phi) is 4.60. The first-order valence-corrected chi connectivity index (χ1v) is 8.79. The molecule has 3 aromatic carbocycles. The number of nitrogens with zero attached hydrogens (tertiary/aromatic N) is 3. The van der Waals surface area contributed by atoms with E-state index in [1.54, 1.807) is 30.3 Å². The Labute approximate surface area is 161 Å². The van der Waals surface area contributed by atoms with E-state index in [4.69, 9.17) is 0 Å². The van der Waals surface area contributed by atoms with Crippen molar-refractivity contribution in [3.8, 4) is 5.75 Å². The van der Waals surface area contributed by atoms with Crippen molar-refractivity contribution < 1.29 is 5.11 Å². The summed E-state index contributed by atoms with van der Waals surface area (Å²) in [6.07, 6.45) is 3.15. The van der Waals surface area contributed by atoms with Gasteiger partial charge in [0.25, 0.3) is 5.56 Å². The van der Waals surface area contributed by atoms with Gasteiger partial charge in [-0.3, -0.25) is 9.36 Å². The fourth-order valence-electron chi connectivity index (χ4n) is 3.13. The molecule has 0 saturated carbocycles. The number of aromatic hydroxyl groups is 1. The number of phenols is 1. The Balaban J connectivity index is 1.75. The molecule has 0 saturated heterocycles. The Hall–Kier alpha value is -3.93. The van der Waals surface area contributed by atoms with Crippen LogP contribution in [-0.4, -0.2) is 20.9 Å². The van der Waals surface area contributed by atoms with Crippen LogP contribution >= 0.6 is 0 Å². The summed E-state index contributed by atoms with van der Waals surface area (Å²) in [5.74, 6) is 0.429. The van der Waals surface area contributed by atoms with Crippen molar-refractivity contribution >= 4 is 33.8 Å². The molecule has 1 heterocycles. The van der Waals surface area contributed by atoms with Gasteiger partial charge in [0.15, 0.2) is 0 Å². The predicted molar refractivity (Wildman–Crippen MR) is 113 cm³/mol. The molecule has 138 valence electrons. The van der Waals surface area contributed by atoms with Gasteiger partial charge in [-0.1, -0.05) is 48.5 Å². The Morgan fingerprint density at radius 3 is 2.64 bits per heavy atom. The van der Waals surface area contributed by atoms with Crippen LogP contribution in [0.4, 0.5) is 5.95 Å². The average Bonchev–Trinajstić information content (AvgIpc) is 2.72. The Bertz CT molecular complexity index is 1270. The third-order valence-corrected chi connectivity index (χ3v) is 4.48. The van der Waals surface area contributed by atoms with Crippen LogP contribution in [0, 0.1) is 0 Å². The highest BCUT2D eigenvalue weighted by Crippen LogP contribution is 2.25. The molecule has 6 heteroatoms. The lowest BCUT2D eigenvalue weighted by molar-refractivity contribution is 0.475. The minimum Gasteiger partial charge on any atom is -0.507 e. The molecule has 28 heavy (non-hydrogen) atoms. The second-order valence-corrected chi connectivity index (χ2v) is 6.25. The number of aromatic nitrogens is 2. The van der Waals surface area contributed by atoms with Gasteiger partial charge >= 0.3 is 0 Å². The molecule has 0 aliphatic heterocycles. The van der Waals surface area contributed by atoms with Gasteiger partial charge in [-0.05, 0) is 29.0 Å². The van der Waals surface area contributed by atoms with Gasteiger partial charge in [0, 0.05) is 12.1 Å². The lowest BCUT2D eigenvalue weighted by atomic mass is 10.0. The van der Waals surface area contributed by atoms with E-state index in [9.17, 15) is 9.90 Å². The van der Waals surface area contributed by atoms with Crippen LogP contribution in [0.15, 0.2) is 83.2 Å². The minimum absolute atomic E-state index is 0.124. The standard InChI is InChI=1S/C22H18N4O2/c1-2-13-26-21(28)17-9-5-6-10-19(17)24-22(26)25-23-14-18-16-8-4-3-7-15(16)11-12-20(18)27/h2-12,14,27H,1,13H2,(H,24,25). The molecule has 4 aromatic rings. The summed E-state index contributed by atoms with van der Waals surface area (Å²) in [7, 11) is 0. The summed E-state index contributed by atoms with van der Waals surface area (Å²) in [5.41, 5.74) is 3.83. The zero-order valence-electron chi connectivity index (χ0n) is 15.0. The number of anilines is 1. The molecule has 6 nitrogen and oxygen atoms in total. The first-order valence-electron chi connectivity index (χ1n) is 8.79. The van der Waals surface area contributed by atoms with Crippen LogP contribution in [-0.2, 0) is 6.54 Å². The number of hydrazone groups is 1. The topological polar surface area (TPSA) is 79.5 Å². The summed E-state index contributed by atoms with van der Waals surface area (Å²) in [4.78, 5) is 17.2. The summed E-state index contributed by atoms with van der Waals surface area (Å²) in [5, 5.41) is 16.9. The molecule has 0 radical (unpaired) electrons. The first kappa shape index (κ1) is 17.5. The maximum Gasteiger partial charge on any atom is 0.263 e.